The quantitative estimate of drug-likeness (QED) is 0.553. The normalized spacial score (nSPS) is 9.79. The third kappa shape index (κ3) is 2.00. The minimum absolute atomic E-state index is 0.0505. The Hall–Kier alpha value is -2.05. The molecule has 0 aromatic carbocycles. The molecule has 0 amide bonds. The maximum absolute atomic E-state index is 11.3. The summed E-state index contributed by atoms with van der Waals surface area (Å²) in [5.74, 6) is -1.08. The van der Waals surface area contributed by atoms with E-state index in [1.54, 1.807) is 0 Å². The van der Waals surface area contributed by atoms with Crippen molar-refractivity contribution in [1.29, 1.82) is 0 Å². The van der Waals surface area contributed by atoms with Gasteiger partial charge < -0.3 is 15.4 Å². The third-order valence-electron chi connectivity index (χ3n) is 1.61. The molecule has 1 heterocycles. The fourth-order valence-corrected chi connectivity index (χ4v) is 0.863. The lowest BCUT2D eigenvalue weighted by Crippen LogP contribution is -2.34. The number of carboxylic acids is 1. The number of aromatic amines is 1. The molecule has 0 bridgehead atoms. The SMILES string of the molecule is Cn1c(=O)[nH]cc(NCC(=O)O)c1=O. The average molecular weight is 199 g/mol. The second kappa shape index (κ2) is 3.77. The van der Waals surface area contributed by atoms with Gasteiger partial charge in [0, 0.05) is 13.2 Å². The first-order chi connectivity index (χ1) is 6.52. The van der Waals surface area contributed by atoms with Crippen LogP contribution in [0.5, 0.6) is 0 Å². The highest BCUT2D eigenvalue weighted by molar-refractivity contribution is 5.72. The van der Waals surface area contributed by atoms with Crippen LogP contribution in [0.15, 0.2) is 15.8 Å². The lowest BCUT2D eigenvalue weighted by Gasteiger charge is -2.02. The van der Waals surface area contributed by atoms with Crippen LogP contribution in [0.25, 0.3) is 0 Å². The van der Waals surface area contributed by atoms with Crippen molar-refractivity contribution in [2.75, 3.05) is 11.9 Å². The maximum Gasteiger partial charge on any atom is 0.328 e. The Balaban J connectivity index is 3.01. The van der Waals surface area contributed by atoms with Crippen LogP contribution >= 0.6 is 0 Å². The molecule has 76 valence electrons. The number of anilines is 1. The molecule has 0 fully saturated rings. The zero-order valence-corrected chi connectivity index (χ0v) is 7.40. The summed E-state index contributed by atoms with van der Waals surface area (Å²) >= 11 is 0. The van der Waals surface area contributed by atoms with Crippen molar-refractivity contribution in [2.45, 2.75) is 0 Å². The van der Waals surface area contributed by atoms with E-state index in [1.807, 2.05) is 0 Å². The molecule has 7 nitrogen and oxygen atoms in total. The molecule has 0 spiro atoms. The van der Waals surface area contributed by atoms with E-state index in [-0.39, 0.29) is 12.2 Å². The molecular weight excluding hydrogens is 190 g/mol. The lowest BCUT2D eigenvalue weighted by atomic mass is 10.5. The Morgan fingerprint density at radius 3 is 2.86 bits per heavy atom. The summed E-state index contributed by atoms with van der Waals surface area (Å²) in [6, 6.07) is 0. The first-order valence-electron chi connectivity index (χ1n) is 3.76. The standard InChI is InChI=1S/C7H9N3O4/c1-10-6(13)4(2-9-7(10)14)8-3-5(11)12/h2,8H,3H2,1H3,(H,9,14)(H,11,12). The summed E-state index contributed by atoms with van der Waals surface area (Å²) in [5, 5.41) is 10.7. The highest BCUT2D eigenvalue weighted by Gasteiger charge is 2.04. The Morgan fingerprint density at radius 1 is 1.64 bits per heavy atom. The van der Waals surface area contributed by atoms with Gasteiger partial charge in [-0.05, 0) is 0 Å². The number of nitrogens with one attached hydrogen (secondary N) is 2. The number of aromatic nitrogens is 2. The number of hydrogen-bond donors (Lipinski definition) is 3. The lowest BCUT2D eigenvalue weighted by molar-refractivity contribution is -0.134. The number of carbonyl (C=O) groups is 1. The van der Waals surface area contributed by atoms with Crippen LogP contribution in [-0.4, -0.2) is 27.2 Å². The molecule has 14 heavy (non-hydrogen) atoms. The zero-order valence-electron chi connectivity index (χ0n) is 7.40. The van der Waals surface area contributed by atoms with Crippen molar-refractivity contribution in [2.24, 2.45) is 7.05 Å². The van der Waals surface area contributed by atoms with E-state index in [2.05, 4.69) is 10.3 Å². The largest absolute Gasteiger partial charge is 0.480 e. The molecule has 0 aliphatic rings. The minimum atomic E-state index is -1.08. The predicted molar refractivity (Wildman–Crippen MR) is 48.4 cm³/mol. The van der Waals surface area contributed by atoms with Crippen LogP contribution in [0.4, 0.5) is 5.69 Å². The molecule has 1 rings (SSSR count). The molecule has 0 radical (unpaired) electrons. The molecule has 0 saturated heterocycles. The summed E-state index contributed by atoms with van der Waals surface area (Å²) in [5.41, 5.74) is -1.06. The van der Waals surface area contributed by atoms with E-state index >= 15 is 0 Å². The van der Waals surface area contributed by atoms with Crippen molar-refractivity contribution in [3.8, 4) is 0 Å². The minimum Gasteiger partial charge on any atom is -0.480 e. The first kappa shape index (κ1) is 10.0. The van der Waals surface area contributed by atoms with Crippen LogP contribution in [0.1, 0.15) is 0 Å². The van der Waals surface area contributed by atoms with Gasteiger partial charge in [0.1, 0.15) is 12.2 Å². The van der Waals surface area contributed by atoms with E-state index in [0.29, 0.717) is 0 Å². The Morgan fingerprint density at radius 2 is 2.29 bits per heavy atom. The van der Waals surface area contributed by atoms with Crippen molar-refractivity contribution >= 4 is 11.7 Å². The number of hydrogen-bond acceptors (Lipinski definition) is 4. The fraction of sp³-hybridized carbons (Fsp3) is 0.286. The maximum atomic E-state index is 11.3. The summed E-state index contributed by atoms with van der Waals surface area (Å²) < 4.78 is 0.851. The molecule has 3 N–H and O–H groups in total. The molecular formula is C7H9N3O4. The Labute approximate surface area is 78.0 Å². The van der Waals surface area contributed by atoms with Crippen molar-refractivity contribution in [3.63, 3.8) is 0 Å². The van der Waals surface area contributed by atoms with Gasteiger partial charge in [-0.25, -0.2) is 4.79 Å². The summed E-state index contributed by atoms with van der Waals surface area (Å²) in [6.45, 7) is -0.374. The molecule has 0 saturated carbocycles. The van der Waals surface area contributed by atoms with E-state index in [0.717, 1.165) is 10.8 Å². The second-order valence-electron chi connectivity index (χ2n) is 2.62. The number of rotatable bonds is 3. The van der Waals surface area contributed by atoms with Crippen molar-refractivity contribution in [1.82, 2.24) is 9.55 Å². The number of nitrogens with zero attached hydrogens (tertiary/aromatic N) is 1. The molecule has 0 atom stereocenters. The van der Waals surface area contributed by atoms with Gasteiger partial charge in [-0.1, -0.05) is 0 Å². The van der Waals surface area contributed by atoms with Gasteiger partial charge >= 0.3 is 11.7 Å². The van der Waals surface area contributed by atoms with Crippen LogP contribution in [0.3, 0.4) is 0 Å². The van der Waals surface area contributed by atoms with Gasteiger partial charge in [-0.3, -0.25) is 14.2 Å². The highest BCUT2D eigenvalue weighted by atomic mass is 16.4. The average Bonchev–Trinajstić information content (AvgIpc) is 2.13. The van der Waals surface area contributed by atoms with Gasteiger partial charge in [0.25, 0.3) is 5.56 Å². The number of H-pyrrole nitrogens is 1. The predicted octanol–water partition coefficient (Wildman–Crippen LogP) is -1.43. The topological polar surface area (TPSA) is 104 Å². The Bertz CT molecular complexity index is 459. The van der Waals surface area contributed by atoms with E-state index < -0.39 is 17.2 Å². The van der Waals surface area contributed by atoms with E-state index in [1.165, 1.54) is 7.05 Å². The third-order valence-corrected chi connectivity index (χ3v) is 1.61. The van der Waals surface area contributed by atoms with Gasteiger partial charge in [0.05, 0.1) is 0 Å². The summed E-state index contributed by atoms with van der Waals surface area (Å²) in [7, 11) is 1.30. The van der Waals surface area contributed by atoms with E-state index in [9.17, 15) is 14.4 Å². The summed E-state index contributed by atoms with van der Waals surface area (Å²) in [6.07, 6.45) is 1.15. The summed E-state index contributed by atoms with van der Waals surface area (Å²) in [4.78, 5) is 34.7. The van der Waals surface area contributed by atoms with Crippen LogP contribution in [0.2, 0.25) is 0 Å². The van der Waals surface area contributed by atoms with Gasteiger partial charge in [-0.2, -0.15) is 0 Å². The zero-order chi connectivity index (χ0) is 10.7. The molecule has 7 heteroatoms. The van der Waals surface area contributed by atoms with Crippen molar-refractivity contribution < 1.29 is 9.90 Å². The molecule has 1 aromatic rings. The number of aliphatic carboxylic acids is 1. The number of carboxylic acid groups (broad SMARTS) is 1. The highest BCUT2D eigenvalue weighted by Crippen LogP contribution is 1.91. The second-order valence-corrected chi connectivity index (χ2v) is 2.62. The first-order valence-corrected chi connectivity index (χ1v) is 3.76. The van der Waals surface area contributed by atoms with Crippen molar-refractivity contribution in [3.05, 3.63) is 27.0 Å². The monoisotopic (exact) mass is 199 g/mol. The van der Waals surface area contributed by atoms with Crippen LogP contribution in [0, 0.1) is 0 Å². The fourth-order valence-electron chi connectivity index (χ4n) is 0.863. The van der Waals surface area contributed by atoms with Gasteiger partial charge in [-0.15, -0.1) is 0 Å². The van der Waals surface area contributed by atoms with E-state index in [4.69, 9.17) is 5.11 Å². The van der Waals surface area contributed by atoms with Crippen LogP contribution < -0.4 is 16.6 Å². The van der Waals surface area contributed by atoms with Gasteiger partial charge in [0.2, 0.25) is 0 Å². The molecule has 1 aromatic heterocycles. The smallest absolute Gasteiger partial charge is 0.328 e. The Kier molecular flexibility index (Phi) is 2.70. The van der Waals surface area contributed by atoms with Gasteiger partial charge in [0.15, 0.2) is 0 Å². The molecule has 0 aliphatic heterocycles. The molecule has 0 unspecified atom stereocenters. The molecule has 0 aliphatic carbocycles. The van der Waals surface area contributed by atoms with Crippen LogP contribution in [-0.2, 0) is 11.8 Å².